The molecule has 2 aromatic rings. The van der Waals surface area contributed by atoms with Gasteiger partial charge in [-0.25, -0.2) is 8.42 Å². The van der Waals surface area contributed by atoms with Crippen LogP contribution in [0.15, 0.2) is 48.5 Å². The van der Waals surface area contributed by atoms with Crippen molar-refractivity contribution in [1.82, 2.24) is 10.2 Å². The van der Waals surface area contributed by atoms with Crippen LogP contribution in [0.3, 0.4) is 0 Å². The molecule has 0 saturated carbocycles. The maximum absolute atomic E-state index is 13.4. The second kappa shape index (κ2) is 10.6. The standard InChI is InChI=1S/C22H28ClN3O4S/c1-5-19(22(28)24-3)25(14-17-10-8-9-16(2)13-17)21(27)15-26(31(4,29)30)20-12-7-6-11-18(20)23/h6-13,19H,5,14-15H2,1-4H3,(H,24,28)/t19-/m0/s1. The van der Waals surface area contributed by atoms with Gasteiger partial charge in [-0.1, -0.05) is 60.5 Å². The Hall–Kier alpha value is -2.58. The summed E-state index contributed by atoms with van der Waals surface area (Å²) in [5.74, 6) is -0.811. The number of hydrogen-bond donors (Lipinski definition) is 1. The van der Waals surface area contributed by atoms with E-state index in [1.807, 2.05) is 31.2 Å². The number of sulfonamides is 1. The van der Waals surface area contributed by atoms with E-state index in [0.29, 0.717) is 6.42 Å². The summed E-state index contributed by atoms with van der Waals surface area (Å²) < 4.78 is 26.0. The molecule has 0 spiro atoms. The van der Waals surface area contributed by atoms with Gasteiger partial charge in [0.05, 0.1) is 17.0 Å². The number of nitrogens with one attached hydrogen (secondary N) is 1. The molecule has 0 fully saturated rings. The molecule has 0 aliphatic rings. The Morgan fingerprint density at radius 2 is 1.81 bits per heavy atom. The molecule has 0 heterocycles. The van der Waals surface area contributed by atoms with E-state index in [9.17, 15) is 18.0 Å². The van der Waals surface area contributed by atoms with Gasteiger partial charge in [0.1, 0.15) is 12.6 Å². The van der Waals surface area contributed by atoms with Crippen LogP contribution in [-0.4, -0.2) is 51.0 Å². The normalized spacial score (nSPS) is 12.2. The zero-order valence-electron chi connectivity index (χ0n) is 18.1. The third-order valence-electron chi connectivity index (χ3n) is 4.87. The second-order valence-corrected chi connectivity index (χ2v) is 9.58. The predicted molar refractivity (Wildman–Crippen MR) is 124 cm³/mol. The van der Waals surface area contributed by atoms with Crippen LogP contribution < -0.4 is 9.62 Å². The average molecular weight is 466 g/mol. The van der Waals surface area contributed by atoms with Crippen molar-refractivity contribution >= 4 is 39.1 Å². The van der Waals surface area contributed by atoms with E-state index in [4.69, 9.17) is 11.6 Å². The highest BCUT2D eigenvalue weighted by molar-refractivity contribution is 7.92. The molecule has 0 unspecified atom stereocenters. The molecule has 0 bridgehead atoms. The molecule has 7 nitrogen and oxygen atoms in total. The van der Waals surface area contributed by atoms with Gasteiger partial charge in [-0.3, -0.25) is 13.9 Å². The fraction of sp³-hybridized carbons (Fsp3) is 0.364. The monoisotopic (exact) mass is 465 g/mol. The second-order valence-electron chi connectivity index (χ2n) is 7.27. The summed E-state index contributed by atoms with van der Waals surface area (Å²) >= 11 is 6.20. The lowest BCUT2D eigenvalue weighted by molar-refractivity contribution is -0.140. The minimum Gasteiger partial charge on any atom is -0.357 e. The highest BCUT2D eigenvalue weighted by atomic mass is 35.5. The molecular weight excluding hydrogens is 438 g/mol. The summed E-state index contributed by atoms with van der Waals surface area (Å²) in [6.45, 7) is 3.45. The Balaban J connectivity index is 2.44. The summed E-state index contributed by atoms with van der Waals surface area (Å²) in [4.78, 5) is 27.3. The average Bonchev–Trinajstić information content (AvgIpc) is 2.71. The molecule has 2 amide bonds. The maximum atomic E-state index is 13.4. The number of halogens is 1. The van der Waals surface area contributed by atoms with Crippen molar-refractivity contribution < 1.29 is 18.0 Å². The van der Waals surface area contributed by atoms with Crippen molar-refractivity contribution in [1.29, 1.82) is 0 Å². The smallest absolute Gasteiger partial charge is 0.244 e. The van der Waals surface area contributed by atoms with Crippen molar-refractivity contribution in [3.05, 3.63) is 64.7 Å². The molecule has 0 aliphatic carbocycles. The Morgan fingerprint density at radius 3 is 2.35 bits per heavy atom. The summed E-state index contributed by atoms with van der Waals surface area (Å²) in [7, 11) is -2.30. The van der Waals surface area contributed by atoms with E-state index in [0.717, 1.165) is 21.7 Å². The SMILES string of the molecule is CC[C@@H](C(=O)NC)N(Cc1cccc(C)c1)C(=O)CN(c1ccccc1Cl)S(C)(=O)=O. The number of carbonyl (C=O) groups is 2. The van der Waals surface area contributed by atoms with Crippen molar-refractivity contribution in [2.75, 3.05) is 24.2 Å². The van der Waals surface area contributed by atoms with Gasteiger partial charge >= 0.3 is 0 Å². The summed E-state index contributed by atoms with van der Waals surface area (Å²) in [5, 5.41) is 2.80. The first-order valence-electron chi connectivity index (χ1n) is 9.87. The molecule has 0 radical (unpaired) electrons. The molecule has 168 valence electrons. The molecular formula is C22H28ClN3O4S. The number of aryl methyl sites for hydroxylation is 1. The molecule has 31 heavy (non-hydrogen) atoms. The van der Waals surface area contributed by atoms with E-state index in [2.05, 4.69) is 5.32 Å². The Kier molecular flexibility index (Phi) is 8.47. The van der Waals surface area contributed by atoms with Crippen molar-refractivity contribution in [3.8, 4) is 0 Å². The van der Waals surface area contributed by atoms with E-state index < -0.39 is 28.5 Å². The highest BCUT2D eigenvalue weighted by Gasteiger charge is 2.31. The van der Waals surface area contributed by atoms with Crippen LogP contribution in [0.5, 0.6) is 0 Å². The largest absolute Gasteiger partial charge is 0.357 e. The minimum atomic E-state index is -3.81. The van der Waals surface area contributed by atoms with Gasteiger partial charge < -0.3 is 10.2 Å². The van der Waals surface area contributed by atoms with Crippen molar-refractivity contribution in [2.24, 2.45) is 0 Å². The van der Waals surface area contributed by atoms with Crippen molar-refractivity contribution in [3.63, 3.8) is 0 Å². The Morgan fingerprint density at radius 1 is 1.13 bits per heavy atom. The summed E-state index contributed by atoms with van der Waals surface area (Å²) in [6.07, 6.45) is 1.40. The fourth-order valence-electron chi connectivity index (χ4n) is 3.34. The third kappa shape index (κ3) is 6.45. The predicted octanol–water partition coefficient (Wildman–Crippen LogP) is 2.97. The van der Waals surface area contributed by atoms with Gasteiger partial charge in [0.15, 0.2) is 0 Å². The number of nitrogens with zero attached hydrogens (tertiary/aromatic N) is 2. The summed E-state index contributed by atoms with van der Waals surface area (Å²) in [5.41, 5.74) is 2.08. The van der Waals surface area contributed by atoms with E-state index in [1.54, 1.807) is 25.1 Å². The van der Waals surface area contributed by atoms with Gasteiger partial charge in [0.25, 0.3) is 0 Å². The van der Waals surface area contributed by atoms with E-state index >= 15 is 0 Å². The Labute approximate surface area is 189 Å². The van der Waals surface area contributed by atoms with E-state index in [1.165, 1.54) is 18.0 Å². The minimum absolute atomic E-state index is 0.173. The lowest BCUT2D eigenvalue weighted by atomic mass is 10.1. The zero-order valence-corrected chi connectivity index (χ0v) is 19.7. The van der Waals surface area contributed by atoms with Gasteiger partial charge in [-0.2, -0.15) is 0 Å². The van der Waals surface area contributed by atoms with Gasteiger partial charge in [-0.15, -0.1) is 0 Å². The molecule has 0 aromatic heterocycles. The fourth-order valence-corrected chi connectivity index (χ4v) is 4.49. The van der Waals surface area contributed by atoms with Crippen LogP contribution in [0.4, 0.5) is 5.69 Å². The molecule has 2 rings (SSSR count). The maximum Gasteiger partial charge on any atom is 0.244 e. The van der Waals surface area contributed by atoms with Crippen LogP contribution in [-0.2, 0) is 26.2 Å². The molecule has 0 saturated heterocycles. The van der Waals surface area contributed by atoms with Crippen LogP contribution >= 0.6 is 11.6 Å². The molecule has 0 aliphatic heterocycles. The lowest BCUT2D eigenvalue weighted by Crippen LogP contribution is -2.51. The lowest BCUT2D eigenvalue weighted by Gasteiger charge is -2.32. The number of amides is 2. The van der Waals surface area contributed by atoms with Crippen LogP contribution in [0.25, 0.3) is 0 Å². The number of rotatable bonds is 9. The number of anilines is 1. The van der Waals surface area contributed by atoms with Gasteiger partial charge in [0.2, 0.25) is 21.8 Å². The van der Waals surface area contributed by atoms with Gasteiger partial charge in [0, 0.05) is 13.6 Å². The number of carbonyl (C=O) groups excluding carboxylic acids is 2. The highest BCUT2D eigenvalue weighted by Crippen LogP contribution is 2.27. The molecule has 9 heteroatoms. The van der Waals surface area contributed by atoms with Crippen LogP contribution in [0, 0.1) is 6.92 Å². The third-order valence-corrected chi connectivity index (χ3v) is 6.31. The first kappa shape index (κ1) is 24.7. The first-order chi connectivity index (χ1) is 14.6. The van der Waals surface area contributed by atoms with Gasteiger partial charge in [-0.05, 0) is 31.0 Å². The van der Waals surface area contributed by atoms with Crippen LogP contribution in [0.1, 0.15) is 24.5 Å². The number of likely N-dealkylation sites (N-methyl/N-ethyl adjacent to an activating group) is 1. The number of benzene rings is 2. The number of hydrogen-bond acceptors (Lipinski definition) is 4. The number of para-hydroxylation sites is 1. The summed E-state index contributed by atoms with van der Waals surface area (Å²) in [6, 6.07) is 13.3. The van der Waals surface area contributed by atoms with E-state index in [-0.39, 0.29) is 23.2 Å². The zero-order chi connectivity index (χ0) is 23.2. The molecule has 2 aromatic carbocycles. The Bertz CT molecular complexity index is 1040. The van der Waals surface area contributed by atoms with Crippen LogP contribution in [0.2, 0.25) is 5.02 Å². The molecule has 1 atom stereocenters. The van der Waals surface area contributed by atoms with Crippen molar-refractivity contribution in [2.45, 2.75) is 32.9 Å². The topological polar surface area (TPSA) is 86.8 Å². The molecule has 1 N–H and O–H groups in total. The first-order valence-corrected chi connectivity index (χ1v) is 12.1. The quantitative estimate of drug-likeness (QED) is 0.616.